The molecule has 1 amide bonds. The van der Waals surface area contributed by atoms with Crippen LogP contribution in [0.3, 0.4) is 0 Å². The first kappa shape index (κ1) is 22.0. The van der Waals surface area contributed by atoms with Crippen molar-refractivity contribution >= 4 is 17.5 Å². The Kier molecular flexibility index (Phi) is 5.72. The van der Waals surface area contributed by atoms with Crippen LogP contribution >= 0.6 is 11.6 Å². The van der Waals surface area contributed by atoms with Crippen molar-refractivity contribution in [3.8, 4) is 5.75 Å². The van der Waals surface area contributed by atoms with E-state index in [-0.39, 0.29) is 0 Å². The molecule has 2 aliphatic heterocycles. The van der Waals surface area contributed by atoms with Gasteiger partial charge in [0.2, 0.25) is 11.4 Å². The molecule has 0 radical (unpaired) electrons. The van der Waals surface area contributed by atoms with Gasteiger partial charge in [0.05, 0.1) is 13.2 Å². The quantitative estimate of drug-likeness (QED) is 0.514. The van der Waals surface area contributed by atoms with Crippen LogP contribution in [-0.4, -0.2) is 58.4 Å². The van der Waals surface area contributed by atoms with E-state index in [1.165, 1.54) is 0 Å². The fraction of sp³-hybridized carbons (Fsp3) is 0.409. The maximum absolute atomic E-state index is 12.0. The Morgan fingerprint density at radius 2 is 1.90 bits per heavy atom. The second-order valence-corrected chi connectivity index (χ2v) is 8.16. The van der Waals surface area contributed by atoms with Crippen LogP contribution in [0.4, 0.5) is 0 Å². The van der Waals surface area contributed by atoms with Gasteiger partial charge in [0.15, 0.2) is 0 Å². The Labute approximate surface area is 184 Å². The number of rotatable bonds is 6. The van der Waals surface area contributed by atoms with Crippen molar-refractivity contribution in [2.24, 2.45) is 5.73 Å². The lowest BCUT2D eigenvalue weighted by molar-refractivity contribution is -0.318. The molecule has 2 aromatic carbocycles. The predicted molar refractivity (Wildman–Crippen MR) is 111 cm³/mol. The molecular weight excluding hydrogens is 426 g/mol. The molecule has 2 aliphatic rings. The zero-order chi connectivity index (χ0) is 22.4. The normalized spacial score (nSPS) is 32.1. The fourth-order valence-corrected chi connectivity index (χ4v) is 4.29. The van der Waals surface area contributed by atoms with Gasteiger partial charge in [-0.2, -0.15) is 0 Å². The zero-order valence-electron chi connectivity index (χ0n) is 16.8. The number of nitrogens with two attached hydrogens (primary N) is 1. The van der Waals surface area contributed by atoms with Gasteiger partial charge in [-0.05, 0) is 48.7 Å². The van der Waals surface area contributed by atoms with Gasteiger partial charge in [-0.1, -0.05) is 29.8 Å². The molecule has 0 spiro atoms. The summed E-state index contributed by atoms with van der Waals surface area (Å²) in [5, 5.41) is 31.9. The van der Waals surface area contributed by atoms with E-state index in [2.05, 4.69) is 0 Å². The van der Waals surface area contributed by atoms with Crippen LogP contribution in [0.1, 0.15) is 23.6 Å². The van der Waals surface area contributed by atoms with Gasteiger partial charge in [0.1, 0.15) is 24.1 Å². The number of fused-ring (bicyclic) bond motifs is 2. The number of aliphatic hydroxyl groups excluding tert-OH is 3. The molecule has 4 rings (SSSR count). The number of aliphatic hydroxyl groups is 3. The molecular formula is C22H24ClNO7. The minimum absolute atomic E-state index is 0.347. The van der Waals surface area contributed by atoms with E-state index in [0.29, 0.717) is 29.2 Å². The fourth-order valence-electron chi connectivity index (χ4n) is 4.11. The zero-order valence-corrected chi connectivity index (χ0v) is 17.6. The molecule has 166 valence electrons. The van der Waals surface area contributed by atoms with Crippen LogP contribution in [0.25, 0.3) is 0 Å². The Bertz CT molecular complexity index is 984. The lowest BCUT2D eigenvalue weighted by Crippen LogP contribution is -2.68. The highest BCUT2D eigenvalue weighted by Gasteiger charge is 2.69. The van der Waals surface area contributed by atoms with E-state index in [1.54, 1.807) is 18.2 Å². The number of hydrogen-bond donors (Lipinski definition) is 4. The molecule has 2 fully saturated rings. The minimum Gasteiger partial charge on any atom is -0.494 e. The van der Waals surface area contributed by atoms with Gasteiger partial charge in [-0.15, -0.1) is 0 Å². The van der Waals surface area contributed by atoms with Gasteiger partial charge in [-0.3, -0.25) is 4.79 Å². The van der Waals surface area contributed by atoms with Crippen LogP contribution in [0.15, 0.2) is 42.5 Å². The van der Waals surface area contributed by atoms with E-state index in [4.69, 9.17) is 31.5 Å². The van der Waals surface area contributed by atoms with Crippen LogP contribution in [0.5, 0.6) is 5.75 Å². The van der Waals surface area contributed by atoms with Gasteiger partial charge < -0.3 is 35.3 Å². The standard InChI is InChI=1S/C22H24ClNO7/c1-2-29-15-6-3-12(4-7-15)9-13-10-14(5-8-16(13)23)22-19(27)17(25)18(26)21(31-22,11-30-22)20(24)28/h3-8,10,17-19,25-27H,2,9,11H2,1H3,(H2,24,28)/t17-,18-,19+,21-,22-/m0/s1. The van der Waals surface area contributed by atoms with Crippen LogP contribution in [0, 0.1) is 0 Å². The summed E-state index contributed by atoms with van der Waals surface area (Å²) >= 11 is 6.40. The third kappa shape index (κ3) is 3.49. The number of hydrogen-bond acceptors (Lipinski definition) is 7. The molecule has 2 aromatic rings. The molecule has 8 nitrogen and oxygen atoms in total. The number of benzene rings is 2. The molecule has 0 aliphatic carbocycles. The Balaban J connectivity index is 1.68. The van der Waals surface area contributed by atoms with Gasteiger partial charge in [0.25, 0.3) is 5.91 Å². The Morgan fingerprint density at radius 3 is 2.55 bits per heavy atom. The third-order valence-corrected chi connectivity index (χ3v) is 6.21. The van der Waals surface area contributed by atoms with Crippen molar-refractivity contribution in [2.45, 2.75) is 43.0 Å². The van der Waals surface area contributed by atoms with Gasteiger partial charge in [-0.25, -0.2) is 0 Å². The van der Waals surface area contributed by atoms with Crippen molar-refractivity contribution in [3.63, 3.8) is 0 Å². The Morgan fingerprint density at radius 1 is 1.19 bits per heavy atom. The number of primary amides is 1. The second kappa shape index (κ2) is 8.05. The van der Waals surface area contributed by atoms with Crippen molar-refractivity contribution in [1.82, 2.24) is 0 Å². The highest BCUT2D eigenvalue weighted by molar-refractivity contribution is 6.31. The van der Waals surface area contributed by atoms with E-state index < -0.39 is 42.2 Å². The second-order valence-electron chi connectivity index (χ2n) is 7.75. The van der Waals surface area contributed by atoms with E-state index in [1.807, 2.05) is 31.2 Å². The summed E-state index contributed by atoms with van der Waals surface area (Å²) in [6.07, 6.45) is -4.62. The first-order valence-corrected chi connectivity index (χ1v) is 10.3. The monoisotopic (exact) mass is 449 g/mol. The summed E-state index contributed by atoms with van der Waals surface area (Å²) in [6.45, 7) is 2.08. The lowest BCUT2D eigenvalue weighted by atomic mass is 9.83. The molecule has 31 heavy (non-hydrogen) atoms. The average molecular weight is 450 g/mol. The lowest BCUT2D eigenvalue weighted by Gasteiger charge is -2.45. The van der Waals surface area contributed by atoms with E-state index in [9.17, 15) is 20.1 Å². The molecule has 0 saturated carbocycles. The molecule has 0 unspecified atom stereocenters. The van der Waals surface area contributed by atoms with Gasteiger partial charge in [0, 0.05) is 10.6 Å². The number of amides is 1. The van der Waals surface area contributed by atoms with Crippen molar-refractivity contribution in [2.75, 3.05) is 13.2 Å². The SMILES string of the molecule is CCOc1ccc(Cc2cc([C@]34OC[C@](C(N)=O)(O3)[C@@H](O)[C@H](O)[C@H]4O)ccc2Cl)cc1. The van der Waals surface area contributed by atoms with E-state index in [0.717, 1.165) is 11.3 Å². The Hall–Kier alpha value is -2.20. The summed E-state index contributed by atoms with van der Waals surface area (Å²) in [5.74, 6) is -2.10. The van der Waals surface area contributed by atoms with Crippen molar-refractivity contribution in [1.29, 1.82) is 0 Å². The van der Waals surface area contributed by atoms with Gasteiger partial charge >= 0.3 is 0 Å². The largest absolute Gasteiger partial charge is 0.494 e. The predicted octanol–water partition coefficient (Wildman–Crippen LogP) is 0.849. The highest BCUT2D eigenvalue weighted by atomic mass is 35.5. The first-order chi connectivity index (χ1) is 14.7. The van der Waals surface area contributed by atoms with Crippen molar-refractivity contribution in [3.05, 3.63) is 64.2 Å². The molecule has 9 heteroatoms. The number of halogens is 1. The average Bonchev–Trinajstić information content (AvgIpc) is 3.15. The van der Waals surface area contributed by atoms with Crippen LogP contribution < -0.4 is 10.5 Å². The minimum atomic E-state index is -1.96. The molecule has 2 bridgehead atoms. The van der Waals surface area contributed by atoms with Crippen LogP contribution in [-0.2, 0) is 26.5 Å². The summed E-state index contributed by atoms with van der Waals surface area (Å²) in [4.78, 5) is 12.0. The van der Waals surface area contributed by atoms with Crippen molar-refractivity contribution < 1.29 is 34.3 Å². The summed E-state index contributed by atoms with van der Waals surface area (Å²) in [7, 11) is 0. The maximum atomic E-state index is 12.0. The molecule has 5 N–H and O–H groups in total. The summed E-state index contributed by atoms with van der Waals surface area (Å²) in [5.41, 5.74) is 5.51. The highest BCUT2D eigenvalue weighted by Crippen LogP contribution is 2.50. The molecule has 5 atom stereocenters. The summed E-state index contributed by atoms with van der Waals surface area (Å²) in [6, 6.07) is 12.4. The first-order valence-electron chi connectivity index (χ1n) is 9.92. The molecule has 2 heterocycles. The summed E-state index contributed by atoms with van der Waals surface area (Å²) < 4.78 is 16.9. The molecule has 2 saturated heterocycles. The van der Waals surface area contributed by atoms with Crippen LogP contribution in [0.2, 0.25) is 5.02 Å². The number of carbonyl (C=O) groups is 1. The maximum Gasteiger partial charge on any atom is 0.255 e. The smallest absolute Gasteiger partial charge is 0.255 e. The topological polar surface area (TPSA) is 131 Å². The third-order valence-electron chi connectivity index (χ3n) is 5.84. The number of ether oxygens (including phenoxy) is 3. The number of carbonyl (C=O) groups excluding carboxylic acids is 1. The molecule has 0 aromatic heterocycles. The van der Waals surface area contributed by atoms with E-state index >= 15 is 0 Å².